The molecular formula is C29H23NO4. The van der Waals surface area contributed by atoms with Crippen LogP contribution in [0.25, 0.3) is 44.8 Å². The van der Waals surface area contributed by atoms with Crippen molar-refractivity contribution in [2.24, 2.45) is 0 Å². The summed E-state index contributed by atoms with van der Waals surface area (Å²) in [6.07, 6.45) is 0.576. The van der Waals surface area contributed by atoms with Crippen molar-refractivity contribution in [3.8, 4) is 39.8 Å². The number of rotatable bonds is 8. The lowest BCUT2D eigenvalue weighted by molar-refractivity contribution is -0.137. The summed E-state index contributed by atoms with van der Waals surface area (Å²) in [5.41, 5.74) is 3.68. The maximum atomic E-state index is 10.6. The van der Waals surface area contributed by atoms with Gasteiger partial charge in [-0.2, -0.15) is 0 Å². The zero-order chi connectivity index (χ0) is 23.3. The first kappa shape index (κ1) is 21.5. The van der Waals surface area contributed by atoms with Gasteiger partial charge in [0.15, 0.2) is 5.76 Å². The minimum absolute atomic E-state index is 0.100. The lowest BCUT2D eigenvalue weighted by Crippen LogP contribution is -2.01. The van der Waals surface area contributed by atoms with Gasteiger partial charge >= 0.3 is 5.97 Å². The van der Waals surface area contributed by atoms with E-state index in [9.17, 15) is 4.79 Å². The van der Waals surface area contributed by atoms with Crippen LogP contribution in [0.5, 0.6) is 5.75 Å². The standard InChI is InChI=1S/C29H23NO4/c31-26(32)12-7-17-33-25-16-15-22-18-24(14-13-23(22)19-25)29-30-27(20-8-3-1-4-9-20)28(34-29)21-10-5-2-6-11-21/h1-6,8-11,13-16,18-19H,7,12,17H2,(H,31,32). The summed E-state index contributed by atoms with van der Waals surface area (Å²) in [5.74, 6) is 1.21. The van der Waals surface area contributed by atoms with E-state index in [-0.39, 0.29) is 6.42 Å². The van der Waals surface area contributed by atoms with E-state index >= 15 is 0 Å². The largest absolute Gasteiger partial charge is 0.494 e. The third-order valence-electron chi connectivity index (χ3n) is 5.57. The Bertz CT molecular complexity index is 1370. The van der Waals surface area contributed by atoms with Crippen molar-refractivity contribution < 1.29 is 19.1 Å². The molecule has 1 heterocycles. The Morgan fingerprint density at radius 3 is 2.21 bits per heavy atom. The van der Waals surface area contributed by atoms with Gasteiger partial charge in [0, 0.05) is 23.1 Å². The molecular weight excluding hydrogens is 426 g/mol. The number of nitrogens with zero attached hydrogens (tertiary/aromatic N) is 1. The fraction of sp³-hybridized carbons (Fsp3) is 0.103. The number of carboxylic acid groups (broad SMARTS) is 1. The molecule has 5 aromatic rings. The monoisotopic (exact) mass is 449 g/mol. The quantitative estimate of drug-likeness (QED) is 0.256. The predicted octanol–water partition coefficient (Wildman–Crippen LogP) is 7.07. The maximum absolute atomic E-state index is 10.6. The molecule has 0 aliphatic heterocycles. The molecule has 34 heavy (non-hydrogen) atoms. The van der Waals surface area contributed by atoms with Crippen LogP contribution in [0.1, 0.15) is 12.8 Å². The van der Waals surface area contributed by atoms with Crippen LogP contribution in [0, 0.1) is 0 Å². The summed E-state index contributed by atoms with van der Waals surface area (Å²) in [6, 6.07) is 32.0. The molecule has 168 valence electrons. The topological polar surface area (TPSA) is 72.6 Å². The summed E-state index contributed by atoms with van der Waals surface area (Å²) in [5, 5.41) is 10.8. The van der Waals surface area contributed by atoms with Crippen LogP contribution in [0.15, 0.2) is 101 Å². The molecule has 0 unspecified atom stereocenters. The Morgan fingerprint density at radius 1 is 0.794 bits per heavy atom. The van der Waals surface area contributed by atoms with E-state index in [0.717, 1.165) is 44.7 Å². The minimum atomic E-state index is -0.813. The van der Waals surface area contributed by atoms with Crippen molar-refractivity contribution in [3.63, 3.8) is 0 Å². The summed E-state index contributed by atoms with van der Waals surface area (Å²) >= 11 is 0. The number of carbonyl (C=O) groups is 1. The number of benzene rings is 4. The Morgan fingerprint density at radius 2 is 1.47 bits per heavy atom. The molecule has 0 atom stereocenters. The number of hydrogen-bond acceptors (Lipinski definition) is 4. The van der Waals surface area contributed by atoms with E-state index in [2.05, 4.69) is 6.07 Å². The minimum Gasteiger partial charge on any atom is -0.494 e. The zero-order valence-electron chi connectivity index (χ0n) is 18.5. The predicted molar refractivity (Wildman–Crippen MR) is 133 cm³/mol. The van der Waals surface area contributed by atoms with Gasteiger partial charge in [-0.3, -0.25) is 4.79 Å². The fourth-order valence-corrected chi connectivity index (χ4v) is 3.88. The molecule has 5 heteroatoms. The average molecular weight is 450 g/mol. The second kappa shape index (κ2) is 9.63. The van der Waals surface area contributed by atoms with Crippen LogP contribution >= 0.6 is 0 Å². The molecule has 0 saturated carbocycles. The molecule has 5 nitrogen and oxygen atoms in total. The summed E-state index contributed by atoms with van der Waals surface area (Å²) in [7, 11) is 0. The van der Waals surface area contributed by atoms with Gasteiger partial charge < -0.3 is 14.3 Å². The van der Waals surface area contributed by atoms with Gasteiger partial charge in [0.2, 0.25) is 5.89 Å². The number of aromatic nitrogens is 1. The van der Waals surface area contributed by atoms with Crippen LogP contribution in [0.4, 0.5) is 0 Å². The van der Waals surface area contributed by atoms with Gasteiger partial charge in [0.05, 0.1) is 6.61 Å². The summed E-state index contributed by atoms with van der Waals surface area (Å²) < 4.78 is 12.0. The Hall–Kier alpha value is -4.38. The third-order valence-corrected chi connectivity index (χ3v) is 5.57. The van der Waals surface area contributed by atoms with Crippen molar-refractivity contribution in [3.05, 3.63) is 97.1 Å². The van der Waals surface area contributed by atoms with E-state index in [1.165, 1.54) is 0 Å². The third kappa shape index (κ3) is 4.69. The van der Waals surface area contributed by atoms with Gasteiger partial charge in [-0.15, -0.1) is 0 Å². The second-order valence-electron chi connectivity index (χ2n) is 8.00. The van der Waals surface area contributed by atoms with E-state index < -0.39 is 5.97 Å². The van der Waals surface area contributed by atoms with Crippen molar-refractivity contribution in [2.45, 2.75) is 12.8 Å². The lowest BCUT2D eigenvalue weighted by Gasteiger charge is -2.07. The smallest absolute Gasteiger partial charge is 0.303 e. The highest BCUT2D eigenvalue weighted by molar-refractivity contribution is 5.88. The summed E-state index contributed by atoms with van der Waals surface area (Å²) in [6.45, 7) is 0.372. The molecule has 0 aliphatic carbocycles. The van der Waals surface area contributed by atoms with Gasteiger partial charge in [-0.1, -0.05) is 72.8 Å². The van der Waals surface area contributed by atoms with Gasteiger partial charge in [-0.25, -0.2) is 4.98 Å². The van der Waals surface area contributed by atoms with Gasteiger partial charge in [0.1, 0.15) is 11.4 Å². The molecule has 0 amide bonds. The normalized spacial score (nSPS) is 10.9. The molecule has 0 fully saturated rings. The first-order valence-electron chi connectivity index (χ1n) is 11.2. The fourth-order valence-electron chi connectivity index (χ4n) is 3.88. The van der Waals surface area contributed by atoms with E-state index in [0.29, 0.717) is 18.9 Å². The highest BCUT2D eigenvalue weighted by Crippen LogP contribution is 2.36. The van der Waals surface area contributed by atoms with Crippen LogP contribution in [-0.4, -0.2) is 22.7 Å². The SMILES string of the molecule is O=C(O)CCCOc1ccc2cc(-c3nc(-c4ccccc4)c(-c4ccccc4)o3)ccc2c1. The number of fused-ring (bicyclic) bond motifs is 1. The Balaban J connectivity index is 1.46. The number of hydrogen-bond donors (Lipinski definition) is 1. The number of ether oxygens (including phenoxy) is 1. The van der Waals surface area contributed by atoms with Crippen molar-refractivity contribution in [1.82, 2.24) is 4.98 Å². The molecule has 0 spiro atoms. The molecule has 1 N–H and O–H groups in total. The highest BCUT2D eigenvalue weighted by atomic mass is 16.5. The van der Waals surface area contributed by atoms with E-state index in [1.54, 1.807) is 0 Å². The van der Waals surface area contributed by atoms with Crippen LogP contribution < -0.4 is 4.74 Å². The van der Waals surface area contributed by atoms with Gasteiger partial charge in [-0.05, 0) is 41.5 Å². The number of carboxylic acids is 1. The van der Waals surface area contributed by atoms with Crippen molar-refractivity contribution in [1.29, 1.82) is 0 Å². The number of oxazole rings is 1. The summed E-state index contributed by atoms with van der Waals surface area (Å²) in [4.78, 5) is 15.5. The first-order chi connectivity index (χ1) is 16.7. The van der Waals surface area contributed by atoms with Gasteiger partial charge in [0.25, 0.3) is 0 Å². The average Bonchev–Trinajstić information content (AvgIpc) is 3.33. The maximum Gasteiger partial charge on any atom is 0.303 e. The zero-order valence-corrected chi connectivity index (χ0v) is 18.5. The second-order valence-corrected chi connectivity index (χ2v) is 8.00. The van der Waals surface area contributed by atoms with Crippen LogP contribution in [0.2, 0.25) is 0 Å². The molecule has 4 aromatic carbocycles. The molecule has 0 radical (unpaired) electrons. The van der Waals surface area contributed by atoms with Crippen LogP contribution in [0.3, 0.4) is 0 Å². The molecule has 1 aromatic heterocycles. The Labute approximate surface area is 197 Å². The van der Waals surface area contributed by atoms with Crippen molar-refractivity contribution in [2.75, 3.05) is 6.61 Å². The van der Waals surface area contributed by atoms with E-state index in [1.807, 2.05) is 91.0 Å². The van der Waals surface area contributed by atoms with E-state index in [4.69, 9.17) is 19.2 Å². The molecule has 0 saturated heterocycles. The van der Waals surface area contributed by atoms with Crippen LogP contribution in [-0.2, 0) is 4.79 Å². The number of aliphatic carboxylic acids is 1. The highest BCUT2D eigenvalue weighted by Gasteiger charge is 2.18. The first-order valence-corrected chi connectivity index (χ1v) is 11.2. The molecule has 0 bridgehead atoms. The molecule has 5 rings (SSSR count). The molecule has 0 aliphatic rings. The Kier molecular flexibility index (Phi) is 6.08. The lowest BCUT2D eigenvalue weighted by atomic mass is 10.1. The van der Waals surface area contributed by atoms with Crippen molar-refractivity contribution >= 4 is 16.7 Å².